The zero-order valence-corrected chi connectivity index (χ0v) is 27.4. The quantitative estimate of drug-likeness (QED) is 0.301. The van der Waals surface area contributed by atoms with Crippen molar-refractivity contribution in [3.8, 4) is 0 Å². The van der Waals surface area contributed by atoms with Crippen LogP contribution in [-0.4, -0.2) is 66.5 Å². The summed E-state index contributed by atoms with van der Waals surface area (Å²) >= 11 is 0. The molecule has 2 fully saturated rings. The molecule has 3 rings (SSSR count). The fourth-order valence-electron chi connectivity index (χ4n) is 6.12. The fraction of sp³-hybridized carbons (Fsp3) is 0.771. The lowest BCUT2D eigenvalue weighted by molar-refractivity contribution is -0.134. The maximum absolute atomic E-state index is 13.7. The van der Waals surface area contributed by atoms with Crippen LogP contribution in [0.5, 0.6) is 0 Å². The van der Waals surface area contributed by atoms with Crippen molar-refractivity contribution in [2.45, 2.75) is 125 Å². The number of rotatable bonds is 11. The van der Waals surface area contributed by atoms with E-state index in [1.165, 1.54) is 30.5 Å². The third kappa shape index (κ3) is 11.2. The predicted octanol–water partition coefficient (Wildman–Crippen LogP) is 7.51. The van der Waals surface area contributed by atoms with Gasteiger partial charge in [0.2, 0.25) is 5.91 Å². The molecule has 0 radical (unpaired) electrons. The molecule has 2 aliphatic heterocycles. The molecule has 0 bridgehead atoms. The Morgan fingerprint density at radius 3 is 2.02 bits per heavy atom. The summed E-state index contributed by atoms with van der Waals surface area (Å²) in [6, 6.07) is 9.16. The van der Waals surface area contributed by atoms with Gasteiger partial charge in [-0.25, -0.2) is 4.79 Å². The van der Waals surface area contributed by atoms with E-state index in [0.717, 1.165) is 71.2 Å². The molecule has 2 aliphatic rings. The van der Waals surface area contributed by atoms with Gasteiger partial charge in [0.05, 0.1) is 0 Å². The van der Waals surface area contributed by atoms with Crippen LogP contribution in [0.1, 0.15) is 112 Å². The van der Waals surface area contributed by atoms with Gasteiger partial charge >= 0.3 is 6.03 Å². The van der Waals surface area contributed by atoms with E-state index in [-0.39, 0.29) is 11.9 Å². The molecule has 3 amide bonds. The lowest BCUT2D eigenvalue weighted by Gasteiger charge is -2.41. The SMILES string of the molecule is CC(C)CCN(c1ccc(CCC(C)(C)C)cc1)C1CCN(C(=O)C(CC(C)C)NC(=O)N2CCCCCC2)CC1. The first-order chi connectivity index (χ1) is 19.4. The summed E-state index contributed by atoms with van der Waals surface area (Å²) in [7, 11) is 0. The molecule has 0 saturated carbocycles. The molecule has 1 aromatic carbocycles. The molecule has 0 aliphatic carbocycles. The Morgan fingerprint density at radius 1 is 0.878 bits per heavy atom. The zero-order chi connectivity index (χ0) is 30.0. The molecule has 1 N–H and O–H groups in total. The Kier molecular flexibility index (Phi) is 12.8. The minimum Gasteiger partial charge on any atom is -0.368 e. The number of nitrogens with one attached hydrogen (secondary N) is 1. The van der Waals surface area contributed by atoms with E-state index in [2.05, 4.69) is 82.9 Å². The van der Waals surface area contributed by atoms with Crippen LogP contribution in [0.3, 0.4) is 0 Å². The first-order valence-corrected chi connectivity index (χ1v) is 16.6. The van der Waals surface area contributed by atoms with Crippen molar-refractivity contribution in [1.29, 1.82) is 0 Å². The standard InChI is InChI=1S/C35H60N4O2/c1-27(2)17-25-39(30-14-12-29(13-15-30)16-20-35(5,6)7)31-18-23-37(24-19-31)33(40)32(26-28(3)4)36-34(41)38-21-10-8-9-11-22-38/h12-15,27-28,31-32H,8-11,16-26H2,1-7H3,(H,36,41). The molecule has 1 aromatic rings. The number of hydrogen-bond donors (Lipinski definition) is 1. The molecule has 1 atom stereocenters. The van der Waals surface area contributed by atoms with Gasteiger partial charge in [0.25, 0.3) is 0 Å². The maximum atomic E-state index is 13.7. The first-order valence-electron chi connectivity index (χ1n) is 16.6. The van der Waals surface area contributed by atoms with Gasteiger partial charge in [0.1, 0.15) is 6.04 Å². The number of benzene rings is 1. The molecule has 6 heteroatoms. The first kappa shape index (κ1) is 33.3. The molecule has 232 valence electrons. The number of carbonyl (C=O) groups is 2. The number of anilines is 1. The van der Waals surface area contributed by atoms with Gasteiger partial charge in [0, 0.05) is 44.5 Å². The van der Waals surface area contributed by atoms with E-state index in [4.69, 9.17) is 0 Å². The van der Waals surface area contributed by atoms with E-state index >= 15 is 0 Å². The highest BCUT2D eigenvalue weighted by Crippen LogP contribution is 2.28. The van der Waals surface area contributed by atoms with E-state index in [1.807, 2.05) is 9.80 Å². The maximum Gasteiger partial charge on any atom is 0.318 e. The van der Waals surface area contributed by atoms with Crippen molar-refractivity contribution in [1.82, 2.24) is 15.1 Å². The lowest BCUT2D eigenvalue weighted by Crippen LogP contribution is -2.55. The number of urea groups is 1. The van der Waals surface area contributed by atoms with E-state index in [1.54, 1.807) is 0 Å². The van der Waals surface area contributed by atoms with Crippen molar-refractivity contribution in [2.24, 2.45) is 17.3 Å². The molecule has 0 aromatic heterocycles. The molecule has 6 nitrogen and oxygen atoms in total. The normalized spacial score (nSPS) is 18.0. The summed E-state index contributed by atoms with van der Waals surface area (Å²) in [5.41, 5.74) is 3.06. The van der Waals surface area contributed by atoms with Crippen LogP contribution in [0.2, 0.25) is 0 Å². The smallest absolute Gasteiger partial charge is 0.318 e. The van der Waals surface area contributed by atoms with Gasteiger partial charge in [-0.1, -0.05) is 73.4 Å². The van der Waals surface area contributed by atoms with Crippen LogP contribution in [0, 0.1) is 17.3 Å². The Balaban J connectivity index is 1.63. The minimum absolute atomic E-state index is 0.0633. The summed E-state index contributed by atoms with van der Waals surface area (Å²) in [6.07, 6.45) is 10.5. The van der Waals surface area contributed by atoms with Gasteiger partial charge in [-0.05, 0) is 86.3 Å². The summed E-state index contributed by atoms with van der Waals surface area (Å²) in [4.78, 5) is 33.4. The van der Waals surface area contributed by atoms with Crippen molar-refractivity contribution >= 4 is 17.6 Å². The van der Waals surface area contributed by atoms with Gasteiger partial charge < -0.3 is 20.0 Å². The summed E-state index contributed by atoms with van der Waals surface area (Å²) in [5, 5.41) is 3.15. The zero-order valence-electron chi connectivity index (χ0n) is 27.4. The van der Waals surface area contributed by atoms with E-state index < -0.39 is 6.04 Å². The molecule has 0 spiro atoms. The van der Waals surface area contributed by atoms with Crippen molar-refractivity contribution in [3.63, 3.8) is 0 Å². The molecule has 2 saturated heterocycles. The number of likely N-dealkylation sites (tertiary alicyclic amines) is 2. The highest BCUT2D eigenvalue weighted by Gasteiger charge is 2.32. The second-order valence-corrected chi connectivity index (χ2v) is 14.7. The Morgan fingerprint density at radius 2 is 1.49 bits per heavy atom. The van der Waals surface area contributed by atoms with Crippen molar-refractivity contribution < 1.29 is 9.59 Å². The van der Waals surface area contributed by atoms with Crippen LogP contribution in [0.15, 0.2) is 24.3 Å². The number of amides is 3. The van der Waals surface area contributed by atoms with Crippen LogP contribution in [0.25, 0.3) is 0 Å². The topological polar surface area (TPSA) is 55.9 Å². The van der Waals surface area contributed by atoms with Crippen LogP contribution in [0.4, 0.5) is 10.5 Å². The van der Waals surface area contributed by atoms with Gasteiger partial charge in [-0.15, -0.1) is 0 Å². The van der Waals surface area contributed by atoms with Crippen LogP contribution < -0.4 is 10.2 Å². The minimum atomic E-state index is -0.444. The molecule has 41 heavy (non-hydrogen) atoms. The predicted molar refractivity (Wildman–Crippen MR) is 172 cm³/mol. The largest absolute Gasteiger partial charge is 0.368 e. The van der Waals surface area contributed by atoms with E-state index in [0.29, 0.717) is 29.7 Å². The van der Waals surface area contributed by atoms with Gasteiger partial charge in [-0.3, -0.25) is 4.79 Å². The second-order valence-electron chi connectivity index (χ2n) is 14.7. The highest BCUT2D eigenvalue weighted by atomic mass is 16.2. The Labute approximate surface area is 251 Å². The molecule has 2 heterocycles. The van der Waals surface area contributed by atoms with Crippen LogP contribution >= 0.6 is 0 Å². The third-order valence-electron chi connectivity index (χ3n) is 8.79. The Bertz CT molecular complexity index is 920. The summed E-state index contributed by atoms with van der Waals surface area (Å²) in [6.45, 7) is 19.9. The second kappa shape index (κ2) is 15.8. The molecule has 1 unspecified atom stereocenters. The summed E-state index contributed by atoms with van der Waals surface area (Å²) < 4.78 is 0. The summed E-state index contributed by atoms with van der Waals surface area (Å²) in [5.74, 6) is 1.08. The molecular weight excluding hydrogens is 508 g/mol. The lowest BCUT2D eigenvalue weighted by atomic mass is 9.88. The van der Waals surface area contributed by atoms with Gasteiger partial charge in [-0.2, -0.15) is 0 Å². The van der Waals surface area contributed by atoms with E-state index in [9.17, 15) is 9.59 Å². The van der Waals surface area contributed by atoms with Crippen LogP contribution in [-0.2, 0) is 11.2 Å². The third-order valence-corrected chi connectivity index (χ3v) is 8.79. The Hall–Kier alpha value is -2.24. The number of carbonyl (C=O) groups excluding carboxylic acids is 2. The number of aryl methyl sites for hydroxylation is 1. The van der Waals surface area contributed by atoms with Gasteiger partial charge in [0.15, 0.2) is 0 Å². The number of nitrogens with zero attached hydrogens (tertiary/aromatic N) is 3. The fourth-order valence-corrected chi connectivity index (χ4v) is 6.12. The van der Waals surface area contributed by atoms with Crippen molar-refractivity contribution in [3.05, 3.63) is 29.8 Å². The van der Waals surface area contributed by atoms with Crippen molar-refractivity contribution in [2.75, 3.05) is 37.6 Å². The average molecular weight is 569 g/mol. The number of hydrogen-bond acceptors (Lipinski definition) is 3. The monoisotopic (exact) mass is 568 g/mol. The number of piperidine rings is 1. The highest BCUT2D eigenvalue weighted by molar-refractivity contribution is 5.87. The average Bonchev–Trinajstić information content (AvgIpc) is 3.21. The molecular formula is C35H60N4O2.